The minimum absolute atomic E-state index is 0.0901. The van der Waals surface area contributed by atoms with Crippen molar-refractivity contribution in [2.45, 2.75) is 12.5 Å². The molecule has 2 aliphatic heterocycles. The highest BCUT2D eigenvalue weighted by Crippen LogP contribution is 2.31. The van der Waals surface area contributed by atoms with Crippen molar-refractivity contribution >= 4 is 12.2 Å². The SMILES string of the molecule is CN1N=CN2C=CN(CNC(=O)c3ccc(C(F)(F)F)c(F)c3)C21. The van der Waals surface area contributed by atoms with Gasteiger partial charge in [0.2, 0.25) is 6.29 Å². The van der Waals surface area contributed by atoms with Crippen LogP contribution in [0.1, 0.15) is 15.9 Å². The molecule has 10 heteroatoms. The van der Waals surface area contributed by atoms with E-state index in [4.69, 9.17) is 0 Å². The molecule has 6 nitrogen and oxygen atoms in total. The maximum Gasteiger partial charge on any atom is 0.419 e. The molecule has 0 spiro atoms. The molecule has 0 radical (unpaired) electrons. The normalized spacial score (nSPS) is 19.2. The number of nitrogens with one attached hydrogen (secondary N) is 1. The summed E-state index contributed by atoms with van der Waals surface area (Å²) in [5.41, 5.74) is -1.58. The van der Waals surface area contributed by atoms with E-state index in [1.807, 2.05) is 4.90 Å². The fourth-order valence-electron chi connectivity index (χ4n) is 2.48. The number of hydrogen-bond donors (Lipinski definition) is 1. The molecule has 3 rings (SSSR count). The minimum Gasteiger partial charge on any atom is -0.334 e. The van der Waals surface area contributed by atoms with E-state index in [9.17, 15) is 22.4 Å². The number of amides is 1. The second-order valence-electron chi connectivity index (χ2n) is 5.27. The van der Waals surface area contributed by atoms with Crippen LogP contribution in [0.3, 0.4) is 0 Å². The van der Waals surface area contributed by atoms with Gasteiger partial charge in [0.25, 0.3) is 5.91 Å². The van der Waals surface area contributed by atoms with Gasteiger partial charge in [0.15, 0.2) is 0 Å². The summed E-state index contributed by atoms with van der Waals surface area (Å²) >= 11 is 0. The number of fused-ring (bicyclic) bond motifs is 1. The maximum atomic E-state index is 13.5. The summed E-state index contributed by atoms with van der Waals surface area (Å²) in [6, 6.07) is 2.08. The average Bonchev–Trinajstić information content (AvgIpc) is 3.07. The predicted molar refractivity (Wildman–Crippen MR) is 76.6 cm³/mol. The fraction of sp³-hybridized carbons (Fsp3) is 0.286. The lowest BCUT2D eigenvalue weighted by Gasteiger charge is -2.30. The van der Waals surface area contributed by atoms with Gasteiger partial charge in [0.05, 0.1) is 12.2 Å². The molecule has 0 saturated heterocycles. The maximum absolute atomic E-state index is 13.5. The second-order valence-corrected chi connectivity index (χ2v) is 5.27. The van der Waals surface area contributed by atoms with Gasteiger partial charge in [-0.25, -0.2) is 4.39 Å². The van der Waals surface area contributed by atoms with E-state index in [0.717, 1.165) is 6.07 Å². The Morgan fingerprint density at radius 3 is 2.75 bits per heavy atom. The lowest BCUT2D eigenvalue weighted by molar-refractivity contribution is -0.140. The molecule has 24 heavy (non-hydrogen) atoms. The first-order valence-electron chi connectivity index (χ1n) is 6.91. The molecule has 1 unspecified atom stereocenters. The van der Waals surface area contributed by atoms with Crippen molar-refractivity contribution in [1.82, 2.24) is 20.1 Å². The Kier molecular flexibility index (Phi) is 3.82. The molecule has 0 aromatic heterocycles. The van der Waals surface area contributed by atoms with Crippen LogP contribution in [0.5, 0.6) is 0 Å². The van der Waals surface area contributed by atoms with Gasteiger partial charge in [0.1, 0.15) is 12.2 Å². The van der Waals surface area contributed by atoms with Gasteiger partial charge >= 0.3 is 6.18 Å². The zero-order valence-electron chi connectivity index (χ0n) is 12.5. The van der Waals surface area contributed by atoms with E-state index in [2.05, 4.69) is 10.4 Å². The van der Waals surface area contributed by atoms with Crippen LogP contribution in [0.15, 0.2) is 35.7 Å². The third-order valence-electron chi connectivity index (χ3n) is 3.65. The van der Waals surface area contributed by atoms with Gasteiger partial charge in [-0.1, -0.05) is 0 Å². The van der Waals surface area contributed by atoms with Crippen molar-refractivity contribution in [3.8, 4) is 0 Å². The van der Waals surface area contributed by atoms with E-state index < -0.39 is 23.5 Å². The summed E-state index contributed by atoms with van der Waals surface area (Å²) < 4.78 is 51.1. The average molecular weight is 343 g/mol. The molecule has 1 N–H and O–H groups in total. The third kappa shape index (κ3) is 2.86. The monoisotopic (exact) mass is 343 g/mol. The van der Waals surface area contributed by atoms with Crippen molar-refractivity contribution in [2.75, 3.05) is 13.7 Å². The first-order chi connectivity index (χ1) is 11.3. The Morgan fingerprint density at radius 1 is 1.33 bits per heavy atom. The molecular weight excluding hydrogens is 330 g/mol. The van der Waals surface area contributed by atoms with E-state index in [1.165, 1.54) is 0 Å². The number of alkyl halides is 3. The zero-order chi connectivity index (χ0) is 17.5. The third-order valence-corrected chi connectivity index (χ3v) is 3.65. The molecule has 2 aliphatic rings. The highest BCUT2D eigenvalue weighted by molar-refractivity contribution is 5.94. The van der Waals surface area contributed by atoms with Gasteiger partial charge in [-0.15, -0.1) is 0 Å². The lowest BCUT2D eigenvalue weighted by Crippen LogP contribution is -2.47. The summed E-state index contributed by atoms with van der Waals surface area (Å²) in [5, 5.41) is 8.28. The van der Waals surface area contributed by atoms with Gasteiger partial charge in [0, 0.05) is 25.0 Å². The van der Waals surface area contributed by atoms with E-state index in [1.54, 1.807) is 35.7 Å². The van der Waals surface area contributed by atoms with Crippen molar-refractivity contribution in [2.24, 2.45) is 5.10 Å². The van der Waals surface area contributed by atoms with Gasteiger partial charge in [-0.3, -0.25) is 14.7 Å². The summed E-state index contributed by atoms with van der Waals surface area (Å²) in [4.78, 5) is 15.6. The number of rotatable bonds is 3. The van der Waals surface area contributed by atoms with Crippen LogP contribution in [0, 0.1) is 5.82 Å². The second kappa shape index (κ2) is 5.69. The van der Waals surface area contributed by atoms with Gasteiger partial charge in [-0.05, 0) is 18.2 Å². The molecule has 0 fully saturated rings. The topological polar surface area (TPSA) is 51.2 Å². The molecule has 1 atom stereocenters. The summed E-state index contributed by atoms with van der Waals surface area (Å²) in [6.45, 7) is 0.0901. The number of hydrogen-bond acceptors (Lipinski definition) is 5. The first kappa shape index (κ1) is 16.1. The smallest absolute Gasteiger partial charge is 0.334 e. The van der Waals surface area contributed by atoms with Crippen LogP contribution >= 0.6 is 0 Å². The molecule has 1 amide bonds. The Hall–Kier alpha value is -2.78. The summed E-state index contributed by atoms with van der Waals surface area (Å²) in [6.07, 6.45) is 0.112. The fourth-order valence-corrected chi connectivity index (χ4v) is 2.48. The van der Waals surface area contributed by atoms with Crippen molar-refractivity contribution in [3.05, 3.63) is 47.5 Å². The van der Waals surface area contributed by atoms with E-state index in [0.29, 0.717) is 12.1 Å². The molecule has 128 valence electrons. The Labute approximate surface area is 134 Å². The minimum atomic E-state index is -4.80. The highest BCUT2D eigenvalue weighted by Gasteiger charge is 2.35. The zero-order valence-corrected chi connectivity index (χ0v) is 12.5. The molecule has 0 bridgehead atoms. The van der Waals surface area contributed by atoms with Crippen LogP contribution in [0.4, 0.5) is 17.6 Å². The number of carbonyl (C=O) groups excluding carboxylic acids is 1. The predicted octanol–water partition coefficient (Wildman–Crippen LogP) is 1.79. The number of carbonyl (C=O) groups is 1. The molecule has 0 saturated carbocycles. The van der Waals surface area contributed by atoms with Crippen LogP contribution in [0.2, 0.25) is 0 Å². The standard InChI is InChI=1S/C14H13F4N5O/c1-21-13-22(4-5-23(13)8-20-21)7-19-12(24)9-2-3-10(11(15)6-9)14(16,17)18/h2-6,8,13H,7H2,1H3,(H,19,24). The van der Waals surface area contributed by atoms with E-state index >= 15 is 0 Å². The van der Waals surface area contributed by atoms with E-state index in [-0.39, 0.29) is 18.5 Å². The van der Waals surface area contributed by atoms with Crippen molar-refractivity contribution in [1.29, 1.82) is 0 Å². The largest absolute Gasteiger partial charge is 0.419 e. The molecular formula is C14H13F4N5O. The first-order valence-corrected chi connectivity index (χ1v) is 6.91. The molecule has 2 heterocycles. The number of halogens is 4. The number of hydrazone groups is 1. The van der Waals surface area contributed by atoms with Crippen molar-refractivity contribution in [3.63, 3.8) is 0 Å². The van der Waals surface area contributed by atoms with Crippen LogP contribution < -0.4 is 5.32 Å². The number of nitrogens with zero attached hydrogens (tertiary/aromatic N) is 4. The Morgan fingerprint density at radius 2 is 2.08 bits per heavy atom. The molecule has 1 aromatic carbocycles. The Bertz CT molecular complexity index is 718. The quantitative estimate of drug-likeness (QED) is 0.851. The molecule has 0 aliphatic carbocycles. The van der Waals surface area contributed by atoms with Crippen LogP contribution in [0.25, 0.3) is 0 Å². The summed E-state index contributed by atoms with van der Waals surface area (Å²) in [7, 11) is 1.76. The van der Waals surface area contributed by atoms with Crippen molar-refractivity contribution < 1.29 is 22.4 Å². The number of benzene rings is 1. The van der Waals surface area contributed by atoms with Crippen LogP contribution in [-0.4, -0.2) is 47.1 Å². The Balaban J connectivity index is 1.64. The molecule has 1 aromatic rings. The summed E-state index contributed by atoms with van der Waals surface area (Å²) in [5.74, 6) is -2.15. The highest BCUT2D eigenvalue weighted by atomic mass is 19.4. The van der Waals surface area contributed by atoms with Gasteiger partial charge in [-0.2, -0.15) is 18.3 Å². The van der Waals surface area contributed by atoms with Gasteiger partial charge < -0.3 is 10.2 Å². The van der Waals surface area contributed by atoms with Crippen LogP contribution in [-0.2, 0) is 6.18 Å². The lowest BCUT2D eigenvalue weighted by atomic mass is 10.1.